The molecule has 0 amide bonds. The van der Waals surface area contributed by atoms with Crippen LogP contribution >= 0.6 is 12.2 Å². The first-order chi connectivity index (χ1) is 8.28. The summed E-state index contributed by atoms with van der Waals surface area (Å²) in [6, 6.07) is 0. The first-order valence-electron chi connectivity index (χ1n) is 6.10. The number of thiocarbonyl (C=S) groups is 1. The number of halogens is 3. The highest BCUT2D eigenvalue weighted by Gasteiger charge is 2.32. The van der Waals surface area contributed by atoms with Gasteiger partial charge in [0.25, 0.3) is 0 Å². The van der Waals surface area contributed by atoms with E-state index in [4.69, 9.17) is 12.2 Å². The molecule has 0 aromatic rings. The summed E-state index contributed by atoms with van der Waals surface area (Å²) in [6.45, 7) is 6.05. The van der Waals surface area contributed by atoms with E-state index in [1.165, 1.54) is 4.90 Å². The second-order valence-electron chi connectivity index (χ2n) is 4.96. The van der Waals surface area contributed by atoms with Crippen molar-refractivity contribution in [3.05, 3.63) is 0 Å². The third-order valence-electron chi connectivity index (χ3n) is 2.72. The van der Waals surface area contributed by atoms with E-state index < -0.39 is 12.7 Å². The highest BCUT2D eigenvalue weighted by Crippen LogP contribution is 2.17. The molecule has 0 saturated carbocycles. The van der Waals surface area contributed by atoms with Crippen LogP contribution in [0.5, 0.6) is 0 Å². The normalized spacial score (nSPS) is 18.2. The summed E-state index contributed by atoms with van der Waals surface area (Å²) in [5, 5.41) is 3.78. The summed E-state index contributed by atoms with van der Waals surface area (Å²) < 4.78 is 36.6. The molecule has 0 aromatic carbocycles. The maximum absolute atomic E-state index is 12.2. The first kappa shape index (κ1) is 15.5. The number of alkyl halides is 3. The lowest BCUT2D eigenvalue weighted by atomic mass is 10.2. The van der Waals surface area contributed by atoms with Crippen LogP contribution in [0.2, 0.25) is 0 Å². The summed E-state index contributed by atoms with van der Waals surface area (Å²) in [5.74, 6) is 0.495. The summed E-state index contributed by atoms with van der Waals surface area (Å²) >= 11 is 5.21. The molecular formula is C11H20F3N3S. The number of piperazine rings is 1. The Balaban J connectivity index is 2.28. The molecular weight excluding hydrogens is 263 g/mol. The molecule has 0 spiro atoms. The fourth-order valence-corrected chi connectivity index (χ4v) is 2.03. The molecule has 1 aliphatic heterocycles. The van der Waals surface area contributed by atoms with Gasteiger partial charge in [-0.3, -0.25) is 4.90 Å². The average molecular weight is 283 g/mol. The van der Waals surface area contributed by atoms with Gasteiger partial charge < -0.3 is 10.2 Å². The van der Waals surface area contributed by atoms with E-state index in [9.17, 15) is 13.2 Å². The molecule has 0 atom stereocenters. The van der Waals surface area contributed by atoms with E-state index in [-0.39, 0.29) is 0 Å². The summed E-state index contributed by atoms with van der Waals surface area (Å²) in [6.07, 6.45) is -4.11. The molecule has 1 fully saturated rings. The Morgan fingerprint density at radius 3 is 2.22 bits per heavy atom. The average Bonchev–Trinajstić information content (AvgIpc) is 2.24. The van der Waals surface area contributed by atoms with Gasteiger partial charge in [-0.2, -0.15) is 13.2 Å². The third kappa shape index (κ3) is 5.86. The lowest BCUT2D eigenvalue weighted by Gasteiger charge is -2.36. The van der Waals surface area contributed by atoms with Crippen LogP contribution in [0, 0.1) is 5.92 Å². The second kappa shape index (κ2) is 6.56. The zero-order valence-electron chi connectivity index (χ0n) is 10.8. The van der Waals surface area contributed by atoms with Crippen molar-refractivity contribution in [2.24, 2.45) is 5.92 Å². The molecule has 106 valence electrons. The molecule has 1 aliphatic rings. The smallest absolute Gasteiger partial charge is 0.362 e. The lowest BCUT2D eigenvalue weighted by Crippen LogP contribution is -2.53. The molecule has 1 heterocycles. The van der Waals surface area contributed by atoms with E-state index >= 15 is 0 Å². The molecule has 3 nitrogen and oxygen atoms in total. The van der Waals surface area contributed by atoms with Gasteiger partial charge in [0.15, 0.2) is 5.11 Å². The Hall–Kier alpha value is -0.560. The third-order valence-corrected chi connectivity index (χ3v) is 3.13. The van der Waals surface area contributed by atoms with Gasteiger partial charge in [0.2, 0.25) is 0 Å². The lowest BCUT2D eigenvalue weighted by molar-refractivity contribution is -0.148. The quantitative estimate of drug-likeness (QED) is 0.794. The van der Waals surface area contributed by atoms with Crippen LogP contribution in [0.4, 0.5) is 13.2 Å². The summed E-state index contributed by atoms with van der Waals surface area (Å²) in [7, 11) is 0. The standard InChI is InChI=1S/C11H20F3N3S/c1-9(2)7-15-10(18)17-5-3-16(4-6-17)8-11(12,13)14/h9H,3-8H2,1-2H3,(H,15,18). The highest BCUT2D eigenvalue weighted by atomic mass is 32.1. The minimum absolute atomic E-state index is 0.406. The minimum Gasteiger partial charge on any atom is -0.362 e. The van der Waals surface area contributed by atoms with Crippen LogP contribution in [0.1, 0.15) is 13.8 Å². The van der Waals surface area contributed by atoms with Gasteiger partial charge in [0.05, 0.1) is 6.54 Å². The molecule has 1 N–H and O–H groups in total. The van der Waals surface area contributed by atoms with Gasteiger partial charge in [0, 0.05) is 32.7 Å². The second-order valence-corrected chi connectivity index (χ2v) is 5.34. The number of rotatable bonds is 3. The van der Waals surface area contributed by atoms with Gasteiger partial charge in [0.1, 0.15) is 0 Å². The number of nitrogens with one attached hydrogen (secondary N) is 1. The molecule has 0 radical (unpaired) electrons. The Morgan fingerprint density at radius 1 is 1.22 bits per heavy atom. The van der Waals surface area contributed by atoms with Crippen LogP contribution in [-0.2, 0) is 0 Å². The Kier molecular flexibility index (Phi) is 5.65. The predicted octanol–water partition coefficient (Wildman–Crippen LogP) is 1.70. The van der Waals surface area contributed by atoms with Crippen molar-refractivity contribution in [1.82, 2.24) is 15.1 Å². The van der Waals surface area contributed by atoms with E-state index in [2.05, 4.69) is 19.2 Å². The fourth-order valence-electron chi connectivity index (χ4n) is 1.77. The maximum atomic E-state index is 12.2. The van der Waals surface area contributed by atoms with Crippen LogP contribution in [0.15, 0.2) is 0 Å². The van der Waals surface area contributed by atoms with Crippen molar-refractivity contribution >= 4 is 17.3 Å². The molecule has 18 heavy (non-hydrogen) atoms. The van der Waals surface area contributed by atoms with Gasteiger partial charge in [-0.15, -0.1) is 0 Å². The van der Waals surface area contributed by atoms with Crippen LogP contribution in [0.25, 0.3) is 0 Å². The molecule has 0 aromatic heterocycles. The van der Waals surface area contributed by atoms with Gasteiger partial charge in [-0.1, -0.05) is 13.8 Å². The number of nitrogens with zero attached hydrogens (tertiary/aromatic N) is 2. The first-order valence-corrected chi connectivity index (χ1v) is 6.50. The predicted molar refractivity (Wildman–Crippen MR) is 69.5 cm³/mol. The van der Waals surface area contributed by atoms with Crippen molar-refractivity contribution in [3.63, 3.8) is 0 Å². The van der Waals surface area contributed by atoms with E-state index in [1.807, 2.05) is 4.90 Å². The van der Waals surface area contributed by atoms with E-state index in [1.54, 1.807) is 0 Å². The van der Waals surface area contributed by atoms with Crippen LogP contribution < -0.4 is 5.32 Å². The molecule has 1 saturated heterocycles. The van der Waals surface area contributed by atoms with Crippen LogP contribution in [-0.4, -0.2) is 60.4 Å². The number of hydrogen-bond acceptors (Lipinski definition) is 2. The van der Waals surface area contributed by atoms with Gasteiger partial charge in [-0.25, -0.2) is 0 Å². The zero-order chi connectivity index (χ0) is 13.8. The minimum atomic E-state index is -4.11. The molecule has 0 aliphatic carbocycles. The monoisotopic (exact) mass is 283 g/mol. The summed E-state index contributed by atoms with van der Waals surface area (Å²) in [5.41, 5.74) is 0. The van der Waals surface area contributed by atoms with Crippen molar-refractivity contribution in [2.45, 2.75) is 20.0 Å². The highest BCUT2D eigenvalue weighted by molar-refractivity contribution is 7.80. The Morgan fingerprint density at radius 2 is 1.78 bits per heavy atom. The fraction of sp³-hybridized carbons (Fsp3) is 0.909. The van der Waals surface area contributed by atoms with E-state index in [0.717, 1.165) is 6.54 Å². The molecule has 0 bridgehead atoms. The molecule has 7 heteroatoms. The Bertz CT molecular complexity index is 273. The topological polar surface area (TPSA) is 18.5 Å². The van der Waals surface area contributed by atoms with Crippen molar-refractivity contribution in [3.8, 4) is 0 Å². The van der Waals surface area contributed by atoms with Gasteiger partial charge >= 0.3 is 6.18 Å². The van der Waals surface area contributed by atoms with Crippen molar-refractivity contribution in [2.75, 3.05) is 39.3 Å². The molecule has 0 unspecified atom stereocenters. The summed E-state index contributed by atoms with van der Waals surface area (Å²) in [4.78, 5) is 3.35. The maximum Gasteiger partial charge on any atom is 0.401 e. The van der Waals surface area contributed by atoms with Gasteiger partial charge in [-0.05, 0) is 18.1 Å². The van der Waals surface area contributed by atoms with Crippen molar-refractivity contribution in [1.29, 1.82) is 0 Å². The van der Waals surface area contributed by atoms with Crippen molar-refractivity contribution < 1.29 is 13.2 Å². The number of hydrogen-bond donors (Lipinski definition) is 1. The largest absolute Gasteiger partial charge is 0.401 e. The van der Waals surface area contributed by atoms with E-state index in [0.29, 0.717) is 37.2 Å². The SMILES string of the molecule is CC(C)CNC(=S)N1CCN(CC(F)(F)F)CC1. The zero-order valence-corrected chi connectivity index (χ0v) is 11.6. The Labute approximate surface area is 111 Å². The van der Waals surface area contributed by atoms with Crippen LogP contribution in [0.3, 0.4) is 0 Å². The molecule has 1 rings (SSSR count).